The normalized spacial score (nSPS) is 11.6. The second-order valence-corrected chi connectivity index (χ2v) is 8.31. The maximum Gasteiger partial charge on any atom is 0.175 e. The Labute approximate surface area is 163 Å². The lowest BCUT2D eigenvalue weighted by Gasteiger charge is -2.09. The zero-order chi connectivity index (χ0) is 20.5. The highest BCUT2D eigenvalue weighted by Crippen LogP contribution is 2.36. The Morgan fingerprint density at radius 2 is 1.79 bits per heavy atom. The molecule has 0 saturated carbocycles. The second kappa shape index (κ2) is 7.73. The van der Waals surface area contributed by atoms with Crippen LogP contribution in [0.25, 0.3) is 22.4 Å². The molecule has 1 N–H and O–H groups in total. The molecule has 0 saturated heterocycles. The number of benzene rings is 2. The van der Waals surface area contributed by atoms with Crippen molar-refractivity contribution in [2.75, 3.05) is 13.4 Å². The van der Waals surface area contributed by atoms with Gasteiger partial charge in [-0.15, -0.1) is 0 Å². The number of rotatable bonds is 6. The van der Waals surface area contributed by atoms with E-state index < -0.39 is 15.7 Å². The number of sulfone groups is 1. The Balaban J connectivity index is 2.22. The van der Waals surface area contributed by atoms with Crippen LogP contribution in [-0.4, -0.2) is 36.7 Å². The van der Waals surface area contributed by atoms with Gasteiger partial charge in [0.1, 0.15) is 5.69 Å². The molecule has 8 heteroatoms. The molecule has 3 rings (SSSR count). The van der Waals surface area contributed by atoms with Gasteiger partial charge in [-0.1, -0.05) is 18.2 Å². The van der Waals surface area contributed by atoms with Gasteiger partial charge in [0.2, 0.25) is 0 Å². The molecule has 0 atom stereocenters. The Bertz CT molecular complexity index is 1110. The minimum Gasteiger partial charge on any atom is -0.494 e. The van der Waals surface area contributed by atoms with E-state index in [2.05, 4.69) is 5.10 Å². The van der Waals surface area contributed by atoms with Crippen LogP contribution in [0.1, 0.15) is 12.6 Å². The van der Waals surface area contributed by atoms with Crippen LogP contribution < -0.4 is 4.74 Å². The molecular weight excluding hydrogens is 383 g/mol. The molecule has 0 aliphatic carbocycles. The summed E-state index contributed by atoms with van der Waals surface area (Å²) in [5, 5.41) is 14.5. The molecule has 2 aromatic carbocycles. The zero-order valence-corrected chi connectivity index (χ0v) is 16.6. The summed E-state index contributed by atoms with van der Waals surface area (Å²) in [7, 11) is -1.93. The van der Waals surface area contributed by atoms with Crippen molar-refractivity contribution in [3.8, 4) is 28.1 Å². The molecule has 0 radical (unpaired) electrons. The van der Waals surface area contributed by atoms with Gasteiger partial charge in [0.15, 0.2) is 21.4 Å². The number of hydrogen-bond acceptors (Lipinski definition) is 5. The molecule has 28 heavy (non-hydrogen) atoms. The Morgan fingerprint density at radius 1 is 1.14 bits per heavy atom. The lowest BCUT2D eigenvalue weighted by Crippen LogP contribution is -2.03. The van der Waals surface area contributed by atoms with Gasteiger partial charge in [0, 0.05) is 23.9 Å². The summed E-state index contributed by atoms with van der Waals surface area (Å²) in [6.07, 6.45) is 1.14. The van der Waals surface area contributed by atoms with E-state index in [1.807, 2.05) is 6.92 Å². The number of hydrogen-bond donors (Lipinski definition) is 1. The van der Waals surface area contributed by atoms with Crippen molar-refractivity contribution in [2.45, 2.75) is 25.0 Å². The summed E-state index contributed by atoms with van der Waals surface area (Å²) in [4.78, 5) is 0.200. The van der Waals surface area contributed by atoms with Crippen molar-refractivity contribution in [1.29, 1.82) is 0 Å². The maximum absolute atomic E-state index is 14.3. The molecule has 1 aromatic heterocycles. The van der Waals surface area contributed by atoms with Crippen LogP contribution in [0.3, 0.4) is 0 Å². The number of methoxy groups -OCH3 is 1. The quantitative estimate of drug-likeness (QED) is 0.682. The van der Waals surface area contributed by atoms with E-state index in [0.717, 1.165) is 6.26 Å². The first-order valence-corrected chi connectivity index (χ1v) is 10.5. The third kappa shape index (κ3) is 3.65. The SMILES string of the molecule is CCn1nc(-c2ccc(S(C)(=O)=O)cc2)c(-c2ccc(OC)c(F)c2)c1CO. The van der Waals surface area contributed by atoms with E-state index in [-0.39, 0.29) is 17.3 Å². The van der Waals surface area contributed by atoms with Gasteiger partial charge in [0.05, 0.1) is 24.3 Å². The van der Waals surface area contributed by atoms with Crippen molar-refractivity contribution in [3.05, 3.63) is 54.0 Å². The molecule has 0 amide bonds. The maximum atomic E-state index is 14.3. The van der Waals surface area contributed by atoms with Crippen LogP contribution in [0.4, 0.5) is 4.39 Å². The fraction of sp³-hybridized carbons (Fsp3) is 0.250. The van der Waals surface area contributed by atoms with Crippen LogP contribution in [0.5, 0.6) is 5.75 Å². The average molecular weight is 404 g/mol. The summed E-state index contributed by atoms with van der Waals surface area (Å²) in [5.41, 5.74) is 2.90. The highest BCUT2D eigenvalue weighted by Gasteiger charge is 2.21. The smallest absolute Gasteiger partial charge is 0.175 e. The first-order chi connectivity index (χ1) is 13.3. The Kier molecular flexibility index (Phi) is 5.53. The summed E-state index contributed by atoms with van der Waals surface area (Å²) < 4.78 is 44.3. The molecular formula is C20H21FN2O4S. The third-order valence-corrected chi connectivity index (χ3v) is 5.63. The summed E-state index contributed by atoms with van der Waals surface area (Å²) in [6.45, 7) is 2.13. The molecule has 0 bridgehead atoms. The van der Waals surface area contributed by atoms with Gasteiger partial charge in [-0.05, 0) is 36.8 Å². The monoisotopic (exact) mass is 404 g/mol. The largest absolute Gasteiger partial charge is 0.494 e. The third-order valence-electron chi connectivity index (χ3n) is 4.50. The van der Waals surface area contributed by atoms with Crippen LogP contribution >= 0.6 is 0 Å². The molecule has 1 heterocycles. The van der Waals surface area contributed by atoms with Gasteiger partial charge < -0.3 is 9.84 Å². The fourth-order valence-corrected chi connectivity index (χ4v) is 3.74. The molecule has 148 valence electrons. The minimum absolute atomic E-state index is 0.122. The Morgan fingerprint density at radius 3 is 2.29 bits per heavy atom. The van der Waals surface area contributed by atoms with E-state index in [0.29, 0.717) is 34.6 Å². The number of aryl methyl sites for hydroxylation is 1. The van der Waals surface area contributed by atoms with Crippen LogP contribution in [0.2, 0.25) is 0 Å². The van der Waals surface area contributed by atoms with E-state index >= 15 is 0 Å². The first-order valence-electron chi connectivity index (χ1n) is 8.65. The fourth-order valence-electron chi connectivity index (χ4n) is 3.11. The number of ether oxygens (including phenoxy) is 1. The highest BCUT2D eigenvalue weighted by molar-refractivity contribution is 7.90. The van der Waals surface area contributed by atoms with E-state index in [4.69, 9.17) is 4.74 Å². The van der Waals surface area contributed by atoms with Gasteiger partial charge in [0.25, 0.3) is 0 Å². The topological polar surface area (TPSA) is 81.4 Å². The van der Waals surface area contributed by atoms with Gasteiger partial charge in [-0.3, -0.25) is 4.68 Å². The molecule has 0 aliphatic rings. The lowest BCUT2D eigenvalue weighted by atomic mass is 9.98. The second-order valence-electron chi connectivity index (χ2n) is 6.29. The zero-order valence-electron chi connectivity index (χ0n) is 15.8. The number of aliphatic hydroxyl groups excluding tert-OH is 1. The van der Waals surface area contributed by atoms with Crippen molar-refractivity contribution < 1.29 is 22.7 Å². The molecule has 0 unspecified atom stereocenters. The molecule has 0 aliphatic heterocycles. The summed E-state index contributed by atoms with van der Waals surface area (Å²) >= 11 is 0. The molecule has 0 spiro atoms. The van der Waals surface area contributed by atoms with Gasteiger partial charge in [-0.25, -0.2) is 12.8 Å². The van der Waals surface area contributed by atoms with Crippen molar-refractivity contribution in [3.63, 3.8) is 0 Å². The predicted molar refractivity (Wildman–Crippen MR) is 104 cm³/mol. The number of aromatic nitrogens is 2. The van der Waals surface area contributed by atoms with Crippen LogP contribution in [0.15, 0.2) is 47.4 Å². The molecule has 6 nitrogen and oxygen atoms in total. The van der Waals surface area contributed by atoms with E-state index in [1.165, 1.54) is 31.4 Å². The van der Waals surface area contributed by atoms with Crippen molar-refractivity contribution in [1.82, 2.24) is 9.78 Å². The van der Waals surface area contributed by atoms with E-state index in [9.17, 15) is 17.9 Å². The average Bonchev–Trinajstić information content (AvgIpc) is 3.06. The summed E-state index contributed by atoms with van der Waals surface area (Å²) in [6, 6.07) is 10.9. The summed E-state index contributed by atoms with van der Waals surface area (Å²) in [5.74, 6) is -0.400. The number of nitrogens with zero attached hydrogens (tertiary/aromatic N) is 2. The predicted octanol–water partition coefficient (Wildman–Crippen LogP) is 3.28. The van der Waals surface area contributed by atoms with Crippen LogP contribution in [-0.2, 0) is 23.0 Å². The van der Waals surface area contributed by atoms with Gasteiger partial charge >= 0.3 is 0 Å². The van der Waals surface area contributed by atoms with Gasteiger partial charge in [-0.2, -0.15) is 5.10 Å². The number of aliphatic hydroxyl groups is 1. The Hall–Kier alpha value is -2.71. The number of halogens is 1. The van der Waals surface area contributed by atoms with Crippen LogP contribution in [0, 0.1) is 5.82 Å². The minimum atomic E-state index is -3.32. The lowest BCUT2D eigenvalue weighted by molar-refractivity contribution is 0.269. The standard InChI is InChI=1S/C20H21FN2O4S/c1-4-23-17(12-24)19(14-7-10-18(27-2)16(21)11-14)20(22-23)13-5-8-15(9-6-13)28(3,25)26/h5-11,24H,4,12H2,1-3H3. The molecule has 0 fully saturated rings. The van der Waals surface area contributed by atoms with E-state index in [1.54, 1.807) is 22.9 Å². The first kappa shape index (κ1) is 20.0. The van der Waals surface area contributed by atoms with Crippen molar-refractivity contribution >= 4 is 9.84 Å². The molecule has 3 aromatic rings. The highest BCUT2D eigenvalue weighted by atomic mass is 32.2. The van der Waals surface area contributed by atoms with Crippen molar-refractivity contribution in [2.24, 2.45) is 0 Å².